The Balaban J connectivity index is 1.66. The van der Waals surface area contributed by atoms with Gasteiger partial charge in [-0.3, -0.25) is 4.79 Å². The van der Waals surface area contributed by atoms with Gasteiger partial charge in [-0.1, -0.05) is 43.3 Å². The number of fused-ring (bicyclic) bond motifs is 2. The molecule has 1 aliphatic rings. The van der Waals surface area contributed by atoms with Crippen molar-refractivity contribution in [2.24, 2.45) is 5.92 Å². The molecule has 3 heteroatoms. The quantitative estimate of drug-likeness (QED) is 0.683. The minimum Gasteiger partial charge on any atom is -0.321 e. The molecular formula is C20H19NOS. The van der Waals surface area contributed by atoms with E-state index in [2.05, 4.69) is 30.4 Å². The molecule has 0 bridgehead atoms. The molecule has 0 saturated carbocycles. The normalized spacial score (nSPS) is 17.0. The van der Waals surface area contributed by atoms with Crippen LogP contribution in [0, 0.1) is 5.92 Å². The second-order valence-electron chi connectivity index (χ2n) is 6.38. The first-order valence-corrected chi connectivity index (χ1v) is 8.98. The van der Waals surface area contributed by atoms with E-state index in [1.165, 1.54) is 16.9 Å². The first-order chi connectivity index (χ1) is 11.2. The van der Waals surface area contributed by atoms with Gasteiger partial charge in [0.2, 0.25) is 0 Å². The van der Waals surface area contributed by atoms with E-state index in [4.69, 9.17) is 0 Å². The molecule has 2 nitrogen and oxygen atoms in total. The SMILES string of the molecule is CC1CCc2c(C(=O)Nc3cccc4ccccc34)csc2C1. The number of hydrogen-bond donors (Lipinski definition) is 1. The zero-order valence-electron chi connectivity index (χ0n) is 13.1. The van der Waals surface area contributed by atoms with Gasteiger partial charge in [0, 0.05) is 21.3 Å². The van der Waals surface area contributed by atoms with Crippen molar-refractivity contribution in [1.29, 1.82) is 0 Å². The third-order valence-corrected chi connectivity index (χ3v) is 5.74. The van der Waals surface area contributed by atoms with Crippen LogP contribution in [0.15, 0.2) is 47.8 Å². The summed E-state index contributed by atoms with van der Waals surface area (Å²) in [4.78, 5) is 14.2. The fourth-order valence-electron chi connectivity index (χ4n) is 3.39. The van der Waals surface area contributed by atoms with Crippen molar-refractivity contribution in [2.45, 2.75) is 26.2 Å². The van der Waals surface area contributed by atoms with Gasteiger partial charge in [0.1, 0.15) is 0 Å². The van der Waals surface area contributed by atoms with Crippen molar-refractivity contribution < 1.29 is 4.79 Å². The van der Waals surface area contributed by atoms with Crippen LogP contribution in [0.4, 0.5) is 5.69 Å². The van der Waals surface area contributed by atoms with Gasteiger partial charge in [0.05, 0.1) is 5.56 Å². The average molecular weight is 321 g/mol. The van der Waals surface area contributed by atoms with Gasteiger partial charge in [-0.05, 0) is 42.2 Å². The van der Waals surface area contributed by atoms with E-state index in [0.29, 0.717) is 0 Å². The maximum atomic E-state index is 12.8. The molecule has 1 aliphatic carbocycles. The Morgan fingerprint density at radius 2 is 2.00 bits per heavy atom. The number of rotatable bonds is 2. The first kappa shape index (κ1) is 14.5. The third-order valence-electron chi connectivity index (χ3n) is 4.68. The molecule has 0 saturated heterocycles. The van der Waals surface area contributed by atoms with Gasteiger partial charge in [0.15, 0.2) is 0 Å². The molecule has 0 fully saturated rings. The second kappa shape index (κ2) is 5.82. The lowest BCUT2D eigenvalue weighted by atomic mass is 9.88. The van der Waals surface area contributed by atoms with E-state index in [9.17, 15) is 4.79 Å². The van der Waals surface area contributed by atoms with Crippen LogP contribution in [0.2, 0.25) is 0 Å². The lowest BCUT2D eigenvalue weighted by Gasteiger charge is -2.19. The number of nitrogens with one attached hydrogen (secondary N) is 1. The van der Waals surface area contributed by atoms with Gasteiger partial charge < -0.3 is 5.32 Å². The highest BCUT2D eigenvalue weighted by Crippen LogP contribution is 2.33. The maximum Gasteiger partial charge on any atom is 0.256 e. The minimum absolute atomic E-state index is 0.0217. The number of anilines is 1. The summed E-state index contributed by atoms with van der Waals surface area (Å²) in [7, 11) is 0. The lowest BCUT2D eigenvalue weighted by molar-refractivity contribution is 0.102. The topological polar surface area (TPSA) is 29.1 Å². The summed E-state index contributed by atoms with van der Waals surface area (Å²) in [5, 5.41) is 7.38. The van der Waals surface area contributed by atoms with Gasteiger partial charge in [0.25, 0.3) is 5.91 Å². The number of hydrogen-bond acceptors (Lipinski definition) is 2. The first-order valence-electron chi connectivity index (χ1n) is 8.10. The molecule has 1 atom stereocenters. The Labute approximate surface area is 140 Å². The predicted octanol–water partition coefficient (Wildman–Crippen LogP) is 5.28. The number of amides is 1. The highest BCUT2D eigenvalue weighted by molar-refractivity contribution is 7.10. The Hall–Kier alpha value is -2.13. The lowest BCUT2D eigenvalue weighted by Crippen LogP contribution is -2.16. The standard InChI is InChI=1S/C20H19NOS/c1-13-9-10-16-17(12-23-19(16)11-13)20(22)21-18-8-4-6-14-5-2-3-7-15(14)18/h2-8,12-13H,9-11H2,1H3,(H,21,22). The zero-order valence-corrected chi connectivity index (χ0v) is 14.0. The summed E-state index contributed by atoms with van der Waals surface area (Å²) < 4.78 is 0. The van der Waals surface area contributed by atoms with E-state index in [1.807, 2.05) is 29.6 Å². The molecule has 4 rings (SSSR count). The van der Waals surface area contributed by atoms with Crippen molar-refractivity contribution in [3.8, 4) is 0 Å². The largest absolute Gasteiger partial charge is 0.321 e. The van der Waals surface area contributed by atoms with E-state index in [1.54, 1.807) is 11.3 Å². The van der Waals surface area contributed by atoms with Crippen LogP contribution in [0.5, 0.6) is 0 Å². The molecule has 3 aromatic rings. The van der Waals surface area contributed by atoms with Crippen molar-refractivity contribution in [2.75, 3.05) is 5.32 Å². The molecule has 1 amide bonds. The predicted molar refractivity (Wildman–Crippen MR) is 97.4 cm³/mol. The monoisotopic (exact) mass is 321 g/mol. The molecule has 0 spiro atoms. The van der Waals surface area contributed by atoms with Gasteiger partial charge in [-0.2, -0.15) is 0 Å². The molecular weight excluding hydrogens is 302 g/mol. The molecule has 1 aromatic heterocycles. The van der Waals surface area contributed by atoms with Gasteiger partial charge in [-0.25, -0.2) is 0 Å². The number of benzene rings is 2. The molecule has 1 heterocycles. The fraction of sp³-hybridized carbons (Fsp3) is 0.250. The average Bonchev–Trinajstić information content (AvgIpc) is 2.98. The minimum atomic E-state index is 0.0217. The number of carbonyl (C=O) groups is 1. The van der Waals surface area contributed by atoms with Crippen molar-refractivity contribution in [3.63, 3.8) is 0 Å². The maximum absolute atomic E-state index is 12.8. The summed E-state index contributed by atoms with van der Waals surface area (Å²) in [6.07, 6.45) is 3.32. The Bertz CT molecular complexity index is 875. The van der Waals surface area contributed by atoms with Crippen LogP contribution >= 0.6 is 11.3 Å². The van der Waals surface area contributed by atoms with Crippen LogP contribution in [-0.4, -0.2) is 5.91 Å². The van der Waals surface area contributed by atoms with E-state index in [-0.39, 0.29) is 5.91 Å². The van der Waals surface area contributed by atoms with Crippen LogP contribution in [0.25, 0.3) is 10.8 Å². The second-order valence-corrected chi connectivity index (χ2v) is 7.34. The molecule has 23 heavy (non-hydrogen) atoms. The summed E-state index contributed by atoms with van der Waals surface area (Å²) in [6.45, 7) is 2.29. The van der Waals surface area contributed by atoms with Gasteiger partial charge in [-0.15, -0.1) is 11.3 Å². The van der Waals surface area contributed by atoms with Crippen LogP contribution < -0.4 is 5.32 Å². The molecule has 1 N–H and O–H groups in total. The summed E-state index contributed by atoms with van der Waals surface area (Å²) in [5.74, 6) is 0.753. The zero-order chi connectivity index (χ0) is 15.8. The molecule has 2 aromatic carbocycles. The van der Waals surface area contributed by atoms with Crippen molar-refractivity contribution in [3.05, 3.63) is 63.8 Å². The van der Waals surface area contributed by atoms with Crippen molar-refractivity contribution in [1.82, 2.24) is 0 Å². The van der Waals surface area contributed by atoms with Crippen molar-refractivity contribution >= 4 is 33.7 Å². The Morgan fingerprint density at radius 3 is 2.91 bits per heavy atom. The van der Waals surface area contributed by atoms with E-state index in [0.717, 1.165) is 40.8 Å². The van der Waals surface area contributed by atoms with Crippen LogP contribution in [0.1, 0.15) is 34.1 Å². The Morgan fingerprint density at radius 1 is 1.17 bits per heavy atom. The molecule has 0 radical (unpaired) electrons. The summed E-state index contributed by atoms with van der Waals surface area (Å²) >= 11 is 1.74. The van der Waals surface area contributed by atoms with Crippen LogP contribution in [0.3, 0.4) is 0 Å². The fourth-order valence-corrected chi connectivity index (χ4v) is 4.64. The number of thiophene rings is 1. The smallest absolute Gasteiger partial charge is 0.256 e. The third kappa shape index (κ3) is 2.66. The molecule has 1 unspecified atom stereocenters. The van der Waals surface area contributed by atoms with Crippen LogP contribution in [-0.2, 0) is 12.8 Å². The Kier molecular flexibility index (Phi) is 3.66. The van der Waals surface area contributed by atoms with Gasteiger partial charge >= 0.3 is 0 Å². The summed E-state index contributed by atoms with van der Waals surface area (Å²) in [5.41, 5.74) is 3.02. The van der Waals surface area contributed by atoms with E-state index < -0.39 is 0 Å². The van der Waals surface area contributed by atoms with E-state index >= 15 is 0 Å². The summed E-state index contributed by atoms with van der Waals surface area (Å²) in [6, 6.07) is 14.2. The molecule has 116 valence electrons. The molecule has 0 aliphatic heterocycles. The highest BCUT2D eigenvalue weighted by atomic mass is 32.1. The highest BCUT2D eigenvalue weighted by Gasteiger charge is 2.23. The number of carbonyl (C=O) groups excluding carboxylic acids is 1.